The number of fused-ring (bicyclic) bond motifs is 1. The molecule has 0 fully saturated rings. The van der Waals surface area contributed by atoms with E-state index in [1.807, 2.05) is 31.2 Å². The van der Waals surface area contributed by atoms with Crippen LogP contribution in [0.5, 0.6) is 5.75 Å². The monoisotopic (exact) mass is 565 g/mol. The summed E-state index contributed by atoms with van der Waals surface area (Å²) in [5, 5.41) is 4.89. The summed E-state index contributed by atoms with van der Waals surface area (Å²) >= 11 is 10.3. The first-order chi connectivity index (χ1) is 13.4. The Labute approximate surface area is 187 Å². The van der Waals surface area contributed by atoms with Gasteiger partial charge in [0.2, 0.25) is 0 Å². The quantitative estimate of drug-likeness (QED) is 0.317. The van der Waals surface area contributed by atoms with E-state index in [4.69, 9.17) is 11.2 Å². The minimum absolute atomic E-state index is 0.165. The highest BCUT2D eigenvalue weighted by Gasteiger charge is 2.11. The maximum atomic E-state index is 12.9. The second-order valence-electron chi connectivity index (χ2n) is 5.71. The van der Waals surface area contributed by atoms with E-state index >= 15 is 0 Å². The second kappa shape index (κ2) is 9.03. The van der Waals surface area contributed by atoms with Crippen molar-refractivity contribution in [2.75, 3.05) is 6.61 Å². The van der Waals surface area contributed by atoms with Gasteiger partial charge in [-0.2, -0.15) is 9.78 Å². The molecule has 142 valence electrons. The molecule has 0 aliphatic rings. The third kappa shape index (κ3) is 4.37. The molecule has 3 aromatic rings. The number of nitrogens with zero attached hydrogens (tertiary/aromatic N) is 3. The predicted molar refractivity (Wildman–Crippen MR) is 122 cm³/mol. The molecule has 3 rings (SSSR count). The number of halogens is 3. The molecule has 0 aliphatic heterocycles. The first-order valence-electron chi connectivity index (χ1n) is 8.25. The number of hydrogen-bond donors (Lipinski definition) is 0. The average molecular weight is 568 g/mol. The molecule has 0 radical (unpaired) electrons. The Morgan fingerprint density at radius 2 is 1.96 bits per heavy atom. The first kappa shape index (κ1) is 20.8. The van der Waals surface area contributed by atoms with Crippen molar-refractivity contribution in [2.45, 2.75) is 13.3 Å². The lowest BCUT2D eigenvalue weighted by Crippen LogP contribution is -2.22. The van der Waals surface area contributed by atoms with Gasteiger partial charge in [-0.15, -0.1) is 6.42 Å². The molecule has 0 saturated carbocycles. The summed E-state index contributed by atoms with van der Waals surface area (Å²) in [6, 6.07) is 9.10. The topological polar surface area (TPSA) is 56.5 Å². The van der Waals surface area contributed by atoms with Gasteiger partial charge < -0.3 is 4.74 Å². The second-order valence-corrected chi connectivity index (χ2v) is 8.34. The van der Waals surface area contributed by atoms with Crippen molar-refractivity contribution >= 4 is 64.9 Å². The summed E-state index contributed by atoms with van der Waals surface area (Å²) in [5.74, 6) is 3.63. The lowest BCUT2D eigenvalue weighted by atomic mass is 10.2. The highest BCUT2D eigenvalue weighted by atomic mass is 79.9. The number of ether oxygens (including phenoxy) is 1. The normalized spacial score (nSPS) is 11.1. The van der Waals surface area contributed by atoms with Crippen LogP contribution in [0, 0.1) is 12.3 Å². The molecule has 0 saturated heterocycles. The highest BCUT2D eigenvalue weighted by Crippen LogP contribution is 2.34. The van der Waals surface area contributed by atoms with Crippen LogP contribution in [0.15, 0.2) is 53.6 Å². The summed E-state index contributed by atoms with van der Waals surface area (Å²) in [6.07, 6.45) is 7.42. The van der Waals surface area contributed by atoms with Gasteiger partial charge in [-0.3, -0.25) is 4.79 Å². The SMILES string of the molecule is C#CCOc1c(Br)cc(C=Nn2c(CC)nc3ccc(Br)cc3c2=O)cc1Br. The van der Waals surface area contributed by atoms with Crippen molar-refractivity contribution in [3.63, 3.8) is 0 Å². The zero-order chi connectivity index (χ0) is 20.3. The molecule has 0 unspecified atom stereocenters. The zero-order valence-electron chi connectivity index (χ0n) is 14.7. The van der Waals surface area contributed by atoms with Crippen molar-refractivity contribution < 1.29 is 4.74 Å². The van der Waals surface area contributed by atoms with Crippen LogP contribution in [0.4, 0.5) is 0 Å². The van der Waals surface area contributed by atoms with Gasteiger partial charge in [-0.05, 0) is 67.8 Å². The van der Waals surface area contributed by atoms with Gasteiger partial charge in [0.25, 0.3) is 5.56 Å². The first-order valence-corrected chi connectivity index (χ1v) is 10.6. The predicted octanol–water partition coefficient (Wildman–Crippen LogP) is 5.14. The van der Waals surface area contributed by atoms with Crippen molar-refractivity contribution in [3.05, 3.63) is 65.5 Å². The molecule has 2 aromatic carbocycles. The van der Waals surface area contributed by atoms with E-state index in [9.17, 15) is 4.79 Å². The van der Waals surface area contributed by atoms with E-state index in [1.54, 1.807) is 12.3 Å². The number of rotatable bonds is 5. The minimum atomic E-state index is -0.216. The average Bonchev–Trinajstić information content (AvgIpc) is 2.67. The Bertz CT molecular complexity index is 1160. The Hall–Kier alpha value is -1.95. The van der Waals surface area contributed by atoms with E-state index in [-0.39, 0.29) is 12.2 Å². The standard InChI is InChI=1S/C20H14Br3N3O2/c1-3-7-28-19-15(22)8-12(9-16(19)23)11-24-26-18(4-2)25-17-6-5-13(21)10-14(17)20(26)27/h1,5-6,8-11H,4,7H2,2H3. The molecule has 8 heteroatoms. The Kier molecular flexibility index (Phi) is 6.70. The van der Waals surface area contributed by atoms with Gasteiger partial charge in [0, 0.05) is 10.9 Å². The van der Waals surface area contributed by atoms with E-state index in [1.165, 1.54) is 4.68 Å². The molecule has 0 aliphatic carbocycles. The van der Waals surface area contributed by atoms with Gasteiger partial charge in [0.05, 0.1) is 26.1 Å². The molecule has 1 aromatic heterocycles. The molecular formula is C20H14Br3N3O2. The van der Waals surface area contributed by atoms with Crippen LogP contribution in [0.1, 0.15) is 18.3 Å². The maximum absolute atomic E-state index is 12.9. The Morgan fingerprint density at radius 1 is 1.25 bits per heavy atom. The van der Waals surface area contributed by atoms with Crippen LogP contribution in [-0.4, -0.2) is 22.5 Å². The van der Waals surface area contributed by atoms with E-state index in [2.05, 4.69) is 63.8 Å². The van der Waals surface area contributed by atoms with E-state index < -0.39 is 0 Å². The van der Waals surface area contributed by atoms with Gasteiger partial charge >= 0.3 is 0 Å². The number of hydrogen-bond acceptors (Lipinski definition) is 4. The lowest BCUT2D eigenvalue weighted by Gasteiger charge is -2.10. The third-order valence-electron chi connectivity index (χ3n) is 3.83. The van der Waals surface area contributed by atoms with Crippen molar-refractivity contribution in [2.24, 2.45) is 5.10 Å². The van der Waals surface area contributed by atoms with Gasteiger partial charge in [-0.25, -0.2) is 4.98 Å². The molecule has 0 amide bonds. The van der Waals surface area contributed by atoms with Crippen LogP contribution in [0.3, 0.4) is 0 Å². The van der Waals surface area contributed by atoms with Gasteiger partial charge in [0.1, 0.15) is 18.2 Å². The summed E-state index contributed by atoms with van der Waals surface area (Å²) < 4.78 is 9.10. The summed E-state index contributed by atoms with van der Waals surface area (Å²) in [4.78, 5) is 17.5. The number of aromatic nitrogens is 2. The van der Waals surface area contributed by atoms with Crippen LogP contribution in [0.2, 0.25) is 0 Å². The number of terminal acetylenes is 1. The fourth-order valence-corrected chi connectivity index (χ4v) is 4.38. The lowest BCUT2D eigenvalue weighted by molar-refractivity contribution is 0.365. The summed E-state index contributed by atoms with van der Waals surface area (Å²) in [6.45, 7) is 2.10. The Balaban J connectivity index is 2.05. The molecule has 0 bridgehead atoms. The van der Waals surface area contributed by atoms with Crippen LogP contribution in [-0.2, 0) is 6.42 Å². The zero-order valence-corrected chi connectivity index (χ0v) is 19.5. The minimum Gasteiger partial charge on any atom is -0.479 e. The number of benzene rings is 2. The van der Waals surface area contributed by atoms with Gasteiger partial charge in [-0.1, -0.05) is 28.8 Å². The van der Waals surface area contributed by atoms with Crippen LogP contribution in [0.25, 0.3) is 10.9 Å². The van der Waals surface area contributed by atoms with E-state index in [0.717, 1.165) is 19.0 Å². The highest BCUT2D eigenvalue weighted by molar-refractivity contribution is 9.11. The summed E-state index contributed by atoms with van der Waals surface area (Å²) in [7, 11) is 0. The number of aryl methyl sites for hydroxylation is 1. The van der Waals surface area contributed by atoms with Crippen molar-refractivity contribution in [1.82, 2.24) is 9.66 Å². The fraction of sp³-hybridized carbons (Fsp3) is 0.150. The van der Waals surface area contributed by atoms with Crippen molar-refractivity contribution in [3.8, 4) is 18.1 Å². The molecule has 1 heterocycles. The van der Waals surface area contributed by atoms with Gasteiger partial charge in [0.15, 0.2) is 0 Å². The largest absolute Gasteiger partial charge is 0.479 e. The molecule has 5 nitrogen and oxygen atoms in total. The fourth-order valence-electron chi connectivity index (χ4n) is 2.57. The molecular weight excluding hydrogens is 554 g/mol. The summed E-state index contributed by atoms with van der Waals surface area (Å²) in [5.41, 5.74) is 1.21. The van der Waals surface area contributed by atoms with Crippen LogP contribution >= 0.6 is 47.8 Å². The molecule has 0 N–H and O–H groups in total. The van der Waals surface area contributed by atoms with Crippen molar-refractivity contribution in [1.29, 1.82) is 0 Å². The Morgan fingerprint density at radius 3 is 2.61 bits per heavy atom. The molecule has 28 heavy (non-hydrogen) atoms. The molecule has 0 spiro atoms. The molecule has 0 atom stereocenters. The third-order valence-corrected chi connectivity index (χ3v) is 5.51. The van der Waals surface area contributed by atoms with E-state index in [0.29, 0.717) is 28.9 Å². The van der Waals surface area contributed by atoms with Crippen LogP contribution < -0.4 is 10.3 Å². The maximum Gasteiger partial charge on any atom is 0.282 e. The smallest absolute Gasteiger partial charge is 0.282 e.